The Labute approximate surface area is 181 Å². The van der Waals surface area contributed by atoms with Crippen molar-refractivity contribution in [3.63, 3.8) is 0 Å². The number of rotatable bonds is 4. The highest BCUT2D eigenvalue weighted by molar-refractivity contribution is 7.98. The SMILES string of the molecule is CC1(C)Cc2c(C#N)c(SCc3ccc(Cl)cc3)nc(N3CCOCC3)c2CO1. The minimum Gasteiger partial charge on any atom is -0.378 e. The number of halogens is 1. The van der Waals surface area contributed by atoms with Crippen LogP contribution in [0.25, 0.3) is 0 Å². The Balaban J connectivity index is 1.73. The Kier molecular flexibility index (Phi) is 6.03. The highest BCUT2D eigenvalue weighted by Gasteiger charge is 2.33. The summed E-state index contributed by atoms with van der Waals surface area (Å²) >= 11 is 7.61. The molecule has 1 fully saturated rings. The third kappa shape index (κ3) is 4.54. The van der Waals surface area contributed by atoms with Gasteiger partial charge in [0.1, 0.15) is 16.9 Å². The Hall–Kier alpha value is -1.78. The number of anilines is 1. The van der Waals surface area contributed by atoms with Gasteiger partial charge in [0.15, 0.2) is 0 Å². The molecule has 1 aromatic carbocycles. The molecule has 0 saturated carbocycles. The van der Waals surface area contributed by atoms with Crippen LogP contribution in [0.15, 0.2) is 29.3 Å². The molecule has 7 heteroatoms. The van der Waals surface area contributed by atoms with Crippen LogP contribution in [0, 0.1) is 11.3 Å². The Morgan fingerprint density at radius 3 is 2.62 bits per heavy atom. The van der Waals surface area contributed by atoms with Crippen LogP contribution in [0.4, 0.5) is 5.82 Å². The first-order valence-electron chi connectivity index (χ1n) is 9.76. The van der Waals surface area contributed by atoms with E-state index in [2.05, 4.69) is 24.8 Å². The average molecular weight is 430 g/mol. The second kappa shape index (κ2) is 8.53. The van der Waals surface area contributed by atoms with Crippen LogP contribution in [-0.4, -0.2) is 36.9 Å². The largest absolute Gasteiger partial charge is 0.378 e. The molecule has 4 rings (SSSR count). The zero-order chi connectivity index (χ0) is 20.4. The number of ether oxygens (including phenoxy) is 2. The lowest BCUT2D eigenvalue weighted by molar-refractivity contribution is -0.0402. The van der Waals surface area contributed by atoms with Gasteiger partial charge in [-0.2, -0.15) is 5.26 Å². The summed E-state index contributed by atoms with van der Waals surface area (Å²) < 4.78 is 11.6. The third-order valence-electron chi connectivity index (χ3n) is 5.28. The molecule has 0 N–H and O–H groups in total. The lowest BCUT2D eigenvalue weighted by atomic mass is 9.89. The van der Waals surface area contributed by atoms with Gasteiger partial charge in [0.2, 0.25) is 0 Å². The maximum atomic E-state index is 9.98. The zero-order valence-corrected chi connectivity index (χ0v) is 18.3. The maximum Gasteiger partial charge on any atom is 0.135 e. The monoisotopic (exact) mass is 429 g/mol. The standard InChI is InChI=1S/C22H24ClN3O2S/c1-22(2)11-17-18(12-24)21(29-14-15-3-5-16(23)6-4-15)25-20(19(17)13-28-22)26-7-9-27-10-8-26/h3-6H,7-11,13-14H2,1-2H3. The fraction of sp³-hybridized carbons (Fsp3) is 0.455. The van der Waals surface area contributed by atoms with E-state index in [1.807, 2.05) is 24.3 Å². The van der Waals surface area contributed by atoms with Crippen LogP contribution < -0.4 is 4.90 Å². The molecule has 2 aliphatic heterocycles. The molecule has 29 heavy (non-hydrogen) atoms. The van der Waals surface area contributed by atoms with E-state index in [9.17, 15) is 5.26 Å². The molecule has 0 radical (unpaired) electrons. The van der Waals surface area contributed by atoms with Gasteiger partial charge in [-0.1, -0.05) is 23.7 Å². The maximum absolute atomic E-state index is 9.98. The molecule has 2 aromatic rings. The number of thioether (sulfide) groups is 1. The highest BCUT2D eigenvalue weighted by atomic mass is 35.5. The van der Waals surface area contributed by atoms with Crippen LogP contribution in [0.5, 0.6) is 0 Å². The van der Waals surface area contributed by atoms with E-state index in [-0.39, 0.29) is 5.60 Å². The normalized spacial score (nSPS) is 18.2. The molecular formula is C22H24ClN3O2S. The smallest absolute Gasteiger partial charge is 0.135 e. The molecule has 152 valence electrons. The van der Waals surface area contributed by atoms with Gasteiger partial charge in [0.25, 0.3) is 0 Å². The molecule has 1 saturated heterocycles. The number of morpholine rings is 1. The highest BCUT2D eigenvalue weighted by Crippen LogP contribution is 2.39. The van der Waals surface area contributed by atoms with Gasteiger partial charge in [0, 0.05) is 35.8 Å². The number of nitriles is 1. The molecule has 0 aliphatic carbocycles. The second-order valence-corrected chi connectivity index (χ2v) is 9.32. The van der Waals surface area contributed by atoms with E-state index in [1.165, 1.54) is 0 Å². The molecule has 0 unspecified atom stereocenters. The van der Waals surface area contributed by atoms with Crippen LogP contribution in [0.3, 0.4) is 0 Å². The van der Waals surface area contributed by atoms with Crippen molar-refractivity contribution in [1.82, 2.24) is 4.98 Å². The molecule has 0 amide bonds. The number of pyridine rings is 1. The molecule has 5 nitrogen and oxygen atoms in total. The van der Waals surface area contributed by atoms with Gasteiger partial charge in [0.05, 0.1) is 31.0 Å². The number of benzene rings is 1. The van der Waals surface area contributed by atoms with E-state index >= 15 is 0 Å². The quantitative estimate of drug-likeness (QED) is 0.662. The van der Waals surface area contributed by atoms with Crippen LogP contribution in [-0.2, 0) is 28.3 Å². The minimum atomic E-state index is -0.291. The van der Waals surface area contributed by atoms with Gasteiger partial charge >= 0.3 is 0 Å². The van der Waals surface area contributed by atoms with E-state index in [0.29, 0.717) is 31.8 Å². The minimum absolute atomic E-state index is 0.291. The van der Waals surface area contributed by atoms with Gasteiger partial charge < -0.3 is 14.4 Å². The van der Waals surface area contributed by atoms with Gasteiger partial charge in [-0.15, -0.1) is 11.8 Å². The summed E-state index contributed by atoms with van der Waals surface area (Å²) in [5.74, 6) is 1.68. The Morgan fingerprint density at radius 1 is 1.21 bits per heavy atom. The summed E-state index contributed by atoms with van der Waals surface area (Å²) in [7, 11) is 0. The first-order chi connectivity index (χ1) is 14.0. The molecule has 0 atom stereocenters. The number of fused-ring (bicyclic) bond motifs is 1. The molecule has 0 bridgehead atoms. The number of hydrogen-bond acceptors (Lipinski definition) is 6. The number of aromatic nitrogens is 1. The van der Waals surface area contributed by atoms with E-state index < -0.39 is 0 Å². The first-order valence-corrected chi connectivity index (χ1v) is 11.1. The second-order valence-electron chi connectivity index (χ2n) is 7.92. The summed E-state index contributed by atoms with van der Waals surface area (Å²) in [6.45, 7) is 7.62. The summed E-state index contributed by atoms with van der Waals surface area (Å²) in [4.78, 5) is 7.23. The fourth-order valence-electron chi connectivity index (χ4n) is 3.71. The van der Waals surface area contributed by atoms with Crippen LogP contribution in [0.1, 0.15) is 36.1 Å². The van der Waals surface area contributed by atoms with Gasteiger partial charge in [-0.25, -0.2) is 4.98 Å². The number of nitrogens with zero attached hydrogens (tertiary/aromatic N) is 3. The average Bonchev–Trinajstić information content (AvgIpc) is 2.72. The van der Waals surface area contributed by atoms with Crippen molar-refractivity contribution in [2.75, 3.05) is 31.2 Å². The molecule has 0 spiro atoms. The van der Waals surface area contributed by atoms with E-state index in [1.54, 1.807) is 11.8 Å². The molecule has 3 heterocycles. The van der Waals surface area contributed by atoms with Crippen LogP contribution in [0.2, 0.25) is 5.02 Å². The zero-order valence-electron chi connectivity index (χ0n) is 16.7. The molecular weight excluding hydrogens is 406 g/mol. The predicted molar refractivity (Wildman–Crippen MR) is 116 cm³/mol. The Morgan fingerprint density at radius 2 is 1.93 bits per heavy atom. The van der Waals surface area contributed by atoms with E-state index in [4.69, 9.17) is 26.1 Å². The van der Waals surface area contributed by atoms with Crippen LogP contribution >= 0.6 is 23.4 Å². The predicted octanol–water partition coefficient (Wildman–Crippen LogP) is 4.59. The molecule has 2 aliphatic rings. The van der Waals surface area contributed by atoms with Crippen molar-refractivity contribution in [3.8, 4) is 6.07 Å². The van der Waals surface area contributed by atoms with E-state index in [0.717, 1.165) is 51.4 Å². The molecule has 1 aromatic heterocycles. The van der Waals surface area contributed by atoms with Crippen molar-refractivity contribution in [2.24, 2.45) is 0 Å². The van der Waals surface area contributed by atoms with Crippen molar-refractivity contribution < 1.29 is 9.47 Å². The topological polar surface area (TPSA) is 58.4 Å². The summed E-state index contributed by atoms with van der Waals surface area (Å²) in [6, 6.07) is 10.2. The first kappa shape index (κ1) is 20.5. The lowest BCUT2D eigenvalue weighted by Gasteiger charge is -2.36. The van der Waals surface area contributed by atoms with Crippen molar-refractivity contribution in [3.05, 3.63) is 51.5 Å². The lowest BCUT2D eigenvalue weighted by Crippen LogP contribution is -2.39. The third-order valence-corrected chi connectivity index (χ3v) is 6.58. The van der Waals surface area contributed by atoms with Crippen molar-refractivity contribution in [1.29, 1.82) is 5.26 Å². The van der Waals surface area contributed by atoms with Crippen molar-refractivity contribution >= 4 is 29.2 Å². The Bertz CT molecular complexity index is 935. The summed E-state index contributed by atoms with van der Waals surface area (Å²) in [5, 5.41) is 11.5. The summed E-state index contributed by atoms with van der Waals surface area (Å²) in [5.41, 5.74) is 3.68. The van der Waals surface area contributed by atoms with Crippen molar-refractivity contribution in [2.45, 2.75) is 43.3 Å². The number of hydrogen-bond donors (Lipinski definition) is 0. The summed E-state index contributed by atoms with van der Waals surface area (Å²) in [6.07, 6.45) is 0.708. The van der Waals surface area contributed by atoms with Gasteiger partial charge in [-0.05, 0) is 37.1 Å². The van der Waals surface area contributed by atoms with Gasteiger partial charge in [-0.3, -0.25) is 0 Å². The fourth-order valence-corrected chi connectivity index (χ4v) is 4.80.